The summed E-state index contributed by atoms with van der Waals surface area (Å²) in [5.74, 6) is 0.0953. The van der Waals surface area contributed by atoms with Gasteiger partial charge in [0.25, 0.3) is 0 Å². The molecule has 4 heteroatoms. The summed E-state index contributed by atoms with van der Waals surface area (Å²) in [6.45, 7) is 1.19. The number of carbonyl (C=O) groups is 1. The van der Waals surface area contributed by atoms with Crippen molar-refractivity contribution >= 4 is 16.8 Å². The monoisotopic (exact) mass is 258 g/mol. The van der Waals surface area contributed by atoms with Gasteiger partial charge in [0, 0.05) is 18.3 Å². The third kappa shape index (κ3) is 2.24. The number of aliphatic hydroxyl groups is 1. The van der Waals surface area contributed by atoms with Gasteiger partial charge in [-0.25, -0.2) is 0 Å². The van der Waals surface area contributed by atoms with Crippen LogP contribution in [0.3, 0.4) is 0 Å². The summed E-state index contributed by atoms with van der Waals surface area (Å²) in [5.41, 5.74) is 1.08. The van der Waals surface area contributed by atoms with E-state index in [9.17, 15) is 9.90 Å². The van der Waals surface area contributed by atoms with E-state index >= 15 is 0 Å². The first-order valence-corrected chi connectivity index (χ1v) is 6.74. The molecule has 1 aliphatic heterocycles. The van der Waals surface area contributed by atoms with Gasteiger partial charge >= 0.3 is 0 Å². The summed E-state index contributed by atoms with van der Waals surface area (Å²) in [6, 6.07) is 10.1. The van der Waals surface area contributed by atoms with Crippen LogP contribution < -0.4 is 0 Å². The van der Waals surface area contributed by atoms with Gasteiger partial charge in [-0.1, -0.05) is 18.2 Å². The number of aliphatic hydroxyl groups excluding tert-OH is 1. The van der Waals surface area contributed by atoms with Gasteiger partial charge in [0.05, 0.1) is 12.6 Å². The summed E-state index contributed by atoms with van der Waals surface area (Å²) in [5, 5.41) is 10.4. The Kier molecular flexibility index (Phi) is 3.25. The van der Waals surface area contributed by atoms with Crippen molar-refractivity contribution in [3.8, 4) is 0 Å². The fourth-order valence-electron chi connectivity index (χ4n) is 2.87. The highest BCUT2D eigenvalue weighted by molar-refractivity contribution is 5.83. The molecular formula is C15H18N2O2. The lowest BCUT2D eigenvalue weighted by Gasteiger charge is -2.23. The summed E-state index contributed by atoms with van der Waals surface area (Å²) in [6.07, 6.45) is 3.85. The molecule has 4 nitrogen and oxygen atoms in total. The average molecular weight is 258 g/mol. The Morgan fingerprint density at radius 2 is 2.16 bits per heavy atom. The molecule has 2 aromatic rings. The smallest absolute Gasteiger partial charge is 0.242 e. The standard InChI is InChI=1S/C15H18N2O2/c18-11-13-5-3-8-17(13)15(19)10-16-9-7-12-4-1-2-6-14(12)16/h1-2,4,6-7,9,13,18H,3,5,8,10-11H2/t13-/m1/s1. The number of carbonyl (C=O) groups excluding carboxylic acids is 1. The zero-order chi connectivity index (χ0) is 13.2. The summed E-state index contributed by atoms with van der Waals surface area (Å²) in [4.78, 5) is 14.1. The minimum absolute atomic E-state index is 0.00864. The van der Waals surface area contributed by atoms with Crippen LogP contribution in [0.1, 0.15) is 12.8 Å². The van der Waals surface area contributed by atoms with Crippen molar-refractivity contribution in [2.24, 2.45) is 0 Å². The zero-order valence-electron chi connectivity index (χ0n) is 10.8. The molecule has 1 fully saturated rings. The Hall–Kier alpha value is -1.81. The number of likely N-dealkylation sites (tertiary alicyclic amines) is 1. The number of fused-ring (bicyclic) bond motifs is 1. The largest absolute Gasteiger partial charge is 0.394 e. The number of hydrogen-bond acceptors (Lipinski definition) is 2. The van der Waals surface area contributed by atoms with Gasteiger partial charge in [-0.2, -0.15) is 0 Å². The normalized spacial score (nSPS) is 19.2. The number of hydrogen-bond donors (Lipinski definition) is 1. The summed E-state index contributed by atoms with van der Waals surface area (Å²) >= 11 is 0. The first kappa shape index (κ1) is 12.2. The maximum atomic E-state index is 12.3. The van der Waals surface area contributed by atoms with Crippen molar-refractivity contribution in [2.75, 3.05) is 13.2 Å². The number of benzene rings is 1. The second-order valence-electron chi connectivity index (χ2n) is 5.07. The number of nitrogens with zero attached hydrogens (tertiary/aromatic N) is 2. The van der Waals surface area contributed by atoms with Gasteiger partial charge in [0.15, 0.2) is 0 Å². The molecule has 0 saturated carbocycles. The number of aromatic nitrogens is 1. The van der Waals surface area contributed by atoms with Crippen molar-refractivity contribution in [1.82, 2.24) is 9.47 Å². The van der Waals surface area contributed by atoms with Crippen LogP contribution in [-0.2, 0) is 11.3 Å². The maximum Gasteiger partial charge on any atom is 0.242 e. The predicted molar refractivity (Wildman–Crippen MR) is 73.8 cm³/mol. The molecule has 1 saturated heterocycles. The third-order valence-electron chi connectivity index (χ3n) is 3.89. The molecular weight excluding hydrogens is 240 g/mol. The van der Waals surface area contributed by atoms with Crippen LogP contribution in [0.2, 0.25) is 0 Å². The molecule has 1 aromatic carbocycles. The van der Waals surface area contributed by atoms with Gasteiger partial charge in [0.1, 0.15) is 6.54 Å². The molecule has 19 heavy (non-hydrogen) atoms. The van der Waals surface area contributed by atoms with Gasteiger partial charge in [-0.15, -0.1) is 0 Å². The number of rotatable bonds is 3. The van der Waals surface area contributed by atoms with Gasteiger partial charge < -0.3 is 14.6 Å². The summed E-state index contributed by atoms with van der Waals surface area (Å²) < 4.78 is 1.98. The van der Waals surface area contributed by atoms with Crippen LogP contribution in [0.15, 0.2) is 36.5 Å². The Morgan fingerprint density at radius 1 is 1.32 bits per heavy atom. The summed E-state index contributed by atoms with van der Waals surface area (Å²) in [7, 11) is 0. The molecule has 3 rings (SSSR count). The highest BCUT2D eigenvalue weighted by atomic mass is 16.3. The molecule has 0 bridgehead atoms. The first-order chi connectivity index (χ1) is 9.29. The minimum atomic E-state index is 0.00864. The highest BCUT2D eigenvalue weighted by Crippen LogP contribution is 2.19. The number of para-hydroxylation sites is 1. The van der Waals surface area contributed by atoms with Crippen LogP contribution in [-0.4, -0.2) is 39.7 Å². The van der Waals surface area contributed by atoms with E-state index in [4.69, 9.17) is 0 Å². The molecule has 1 amide bonds. The second kappa shape index (κ2) is 5.05. The van der Waals surface area contributed by atoms with Crippen molar-refractivity contribution in [3.05, 3.63) is 36.5 Å². The highest BCUT2D eigenvalue weighted by Gasteiger charge is 2.27. The molecule has 100 valence electrons. The SMILES string of the molecule is O=C(Cn1ccc2ccccc21)N1CCC[C@@H]1CO. The van der Waals surface area contributed by atoms with E-state index in [0.29, 0.717) is 6.54 Å². The van der Waals surface area contributed by atoms with E-state index in [0.717, 1.165) is 30.3 Å². The van der Waals surface area contributed by atoms with Crippen molar-refractivity contribution < 1.29 is 9.90 Å². The topological polar surface area (TPSA) is 45.5 Å². The van der Waals surface area contributed by atoms with Gasteiger partial charge in [-0.05, 0) is 30.4 Å². The van der Waals surface area contributed by atoms with E-state index in [2.05, 4.69) is 0 Å². The predicted octanol–water partition coefficient (Wildman–Crippen LogP) is 1.62. The van der Waals surface area contributed by atoms with Gasteiger partial charge in [0.2, 0.25) is 5.91 Å². The van der Waals surface area contributed by atoms with Crippen molar-refractivity contribution in [3.63, 3.8) is 0 Å². The maximum absolute atomic E-state index is 12.3. The minimum Gasteiger partial charge on any atom is -0.394 e. The van der Waals surface area contributed by atoms with E-state index in [1.807, 2.05) is 46.0 Å². The zero-order valence-corrected chi connectivity index (χ0v) is 10.8. The lowest BCUT2D eigenvalue weighted by atomic mass is 10.2. The lowest BCUT2D eigenvalue weighted by molar-refractivity contribution is -0.133. The quantitative estimate of drug-likeness (QED) is 0.909. The molecule has 0 aliphatic carbocycles. The van der Waals surface area contributed by atoms with Gasteiger partial charge in [-0.3, -0.25) is 4.79 Å². The molecule has 1 atom stereocenters. The Bertz CT molecular complexity index is 591. The van der Waals surface area contributed by atoms with E-state index in [-0.39, 0.29) is 18.6 Å². The molecule has 1 aliphatic rings. The van der Waals surface area contributed by atoms with Crippen molar-refractivity contribution in [1.29, 1.82) is 0 Å². The lowest BCUT2D eigenvalue weighted by Crippen LogP contribution is -2.39. The van der Waals surface area contributed by atoms with E-state index in [1.165, 1.54) is 0 Å². The molecule has 2 heterocycles. The van der Waals surface area contributed by atoms with Crippen LogP contribution in [0, 0.1) is 0 Å². The Labute approximate surface area is 112 Å². The average Bonchev–Trinajstić information content (AvgIpc) is 3.05. The van der Waals surface area contributed by atoms with Crippen LogP contribution in [0.4, 0.5) is 0 Å². The molecule has 0 spiro atoms. The van der Waals surface area contributed by atoms with Crippen molar-refractivity contribution in [2.45, 2.75) is 25.4 Å². The molecule has 1 N–H and O–H groups in total. The first-order valence-electron chi connectivity index (χ1n) is 6.74. The Balaban J connectivity index is 1.79. The van der Waals surface area contributed by atoms with Crippen LogP contribution in [0.25, 0.3) is 10.9 Å². The van der Waals surface area contributed by atoms with E-state index in [1.54, 1.807) is 0 Å². The van der Waals surface area contributed by atoms with Crippen LogP contribution in [0.5, 0.6) is 0 Å². The second-order valence-corrected chi connectivity index (χ2v) is 5.07. The third-order valence-corrected chi connectivity index (χ3v) is 3.89. The molecule has 0 radical (unpaired) electrons. The Morgan fingerprint density at radius 3 is 3.00 bits per heavy atom. The number of amides is 1. The van der Waals surface area contributed by atoms with E-state index < -0.39 is 0 Å². The molecule has 1 aromatic heterocycles. The molecule has 0 unspecified atom stereocenters. The fraction of sp³-hybridized carbons (Fsp3) is 0.400. The fourth-order valence-corrected chi connectivity index (χ4v) is 2.87. The van der Waals surface area contributed by atoms with Crippen LogP contribution >= 0.6 is 0 Å².